The van der Waals surface area contributed by atoms with Gasteiger partial charge in [-0.05, 0) is 76.8 Å². The monoisotopic (exact) mass is 802 g/mol. The number of aryl methyl sites for hydroxylation is 1. The Labute approximate surface area is 336 Å². The number of ether oxygens (including phenoxy) is 3. The Kier molecular flexibility index (Phi) is 10.9. The van der Waals surface area contributed by atoms with E-state index in [1.165, 1.54) is 24.8 Å². The standard InChI is InChI=1S/C41H50N6O9S/c1-9-10-27(48)43-21(7)39(51)45-31(17(2)3)40(52)44-23-15-57-38-30-29(37-36(55-16-56-37)20(6)35(30)50)26(14-54-41(23)53)47-25(13-42)24-12-22-11-18(4)19(5)34(49)28(22)32(33(38)47)46(24)8/h9-11,17,21,23-26,31-33,38,49-50H,12,14-16H2,1-8H3,(H,43,48)(H,44,52)(H,45,51)/b10-9+/t21?,23-,24-,25-,26-,31?,32+,33?,38+/m0/s1. The molecule has 57 heavy (non-hydrogen) atoms. The van der Waals surface area contributed by atoms with Crippen molar-refractivity contribution in [3.63, 3.8) is 0 Å². The number of rotatable bonds is 7. The number of fused-ring (bicyclic) bond motifs is 10. The summed E-state index contributed by atoms with van der Waals surface area (Å²) in [4.78, 5) is 57.4. The van der Waals surface area contributed by atoms with E-state index in [-0.39, 0.29) is 36.7 Å². The van der Waals surface area contributed by atoms with E-state index in [4.69, 9.17) is 14.2 Å². The summed E-state index contributed by atoms with van der Waals surface area (Å²) in [5.41, 5.74) is 5.06. The third-order valence-corrected chi connectivity index (χ3v) is 13.6. The number of nitriles is 1. The molecule has 16 heteroatoms. The Bertz CT molecular complexity index is 2100. The zero-order valence-electron chi connectivity index (χ0n) is 33.3. The number of nitrogens with zero attached hydrogens (tertiary/aromatic N) is 3. The van der Waals surface area contributed by atoms with Gasteiger partial charge in [-0.15, -0.1) is 11.8 Å². The van der Waals surface area contributed by atoms with Gasteiger partial charge in [-0.1, -0.05) is 26.0 Å². The van der Waals surface area contributed by atoms with E-state index in [1.807, 2.05) is 20.9 Å². The highest BCUT2D eigenvalue weighted by Crippen LogP contribution is 2.63. The van der Waals surface area contributed by atoms with Crippen molar-refractivity contribution in [1.29, 1.82) is 5.26 Å². The molecule has 304 valence electrons. The van der Waals surface area contributed by atoms with E-state index in [1.54, 1.807) is 33.8 Å². The van der Waals surface area contributed by atoms with Crippen LogP contribution in [-0.2, 0) is 30.3 Å². The lowest BCUT2D eigenvalue weighted by Gasteiger charge is -2.61. The lowest BCUT2D eigenvalue weighted by molar-refractivity contribution is -0.153. The van der Waals surface area contributed by atoms with Gasteiger partial charge in [-0.25, -0.2) is 4.79 Å². The van der Waals surface area contributed by atoms with E-state index < -0.39 is 77.2 Å². The second kappa shape index (κ2) is 15.4. The zero-order chi connectivity index (χ0) is 41.2. The van der Waals surface area contributed by atoms with Crippen LogP contribution in [0.3, 0.4) is 0 Å². The predicted molar refractivity (Wildman–Crippen MR) is 210 cm³/mol. The molecule has 6 aliphatic rings. The number of carbonyl (C=O) groups excluding carboxylic acids is 4. The minimum Gasteiger partial charge on any atom is -0.507 e. The highest BCUT2D eigenvalue weighted by atomic mass is 32.2. The average Bonchev–Trinajstić information content (AvgIpc) is 3.66. The van der Waals surface area contributed by atoms with E-state index in [0.717, 1.165) is 22.3 Å². The van der Waals surface area contributed by atoms with Gasteiger partial charge in [0, 0.05) is 40.1 Å². The lowest BCUT2D eigenvalue weighted by atomic mass is 9.71. The van der Waals surface area contributed by atoms with E-state index >= 15 is 0 Å². The van der Waals surface area contributed by atoms with Gasteiger partial charge >= 0.3 is 5.97 Å². The number of phenols is 2. The first-order valence-electron chi connectivity index (χ1n) is 19.3. The molecule has 0 aromatic heterocycles. The second-order valence-corrected chi connectivity index (χ2v) is 17.1. The van der Waals surface area contributed by atoms with Crippen molar-refractivity contribution in [3.8, 4) is 29.1 Å². The molecular weight excluding hydrogens is 753 g/mol. The number of allylic oxidation sites excluding steroid dienone is 1. The molecule has 3 amide bonds. The minimum atomic E-state index is -1.17. The molecule has 0 aliphatic carbocycles. The molecule has 2 fully saturated rings. The third-order valence-electron chi connectivity index (χ3n) is 12.2. The average molecular weight is 803 g/mol. The van der Waals surface area contributed by atoms with Crippen molar-refractivity contribution < 1.29 is 43.6 Å². The number of carbonyl (C=O) groups is 4. The maximum Gasteiger partial charge on any atom is 0.329 e. The van der Waals surface area contributed by atoms with Gasteiger partial charge in [0.1, 0.15) is 42.3 Å². The van der Waals surface area contributed by atoms with Crippen molar-refractivity contribution in [2.24, 2.45) is 5.92 Å². The Balaban J connectivity index is 1.30. The molecule has 2 aromatic rings. The second-order valence-electron chi connectivity index (χ2n) is 15.9. The third kappa shape index (κ3) is 6.63. The highest BCUT2D eigenvalue weighted by Gasteiger charge is 2.60. The molecule has 0 radical (unpaired) electrons. The first kappa shape index (κ1) is 40.2. The van der Waals surface area contributed by atoms with Crippen molar-refractivity contribution in [2.75, 3.05) is 26.2 Å². The molecule has 6 heterocycles. The molecule has 6 aliphatic heterocycles. The SMILES string of the molecule is C/C=C/C(=O)NC(C)C(=O)NC(C(=O)N[C@H]1CS[C@@H]2c3c(O)c(C)c4c(c3[C@H](COC1=O)N1C2[C@H]2c3c(cc(C)c(C)c3O)C[C@@H]([C@@H]1C#N)N2C)OCO4)C(C)C. The molecular formula is C41H50N6O9S. The molecule has 8 rings (SSSR count). The Morgan fingerprint density at radius 1 is 1.00 bits per heavy atom. The van der Waals surface area contributed by atoms with Gasteiger partial charge in [0.05, 0.1) is 23.4 Å². The van der Waals surface area contributed by atoms with Crippen LogP contribution in [0.2, 0.25) is 0 Å². The van der Waals surface area contributed by atoms with Gasteiger partial charge in [0.25, 0.3) is 0 Å². The molecule has 2 aromatic carbocycles. The first-order chi connectivity index (χ1) is 27.1. The quantitative estimate of drug-likeness (QED) is 0.202. The minimum absolute atomic E-state index is 0.000679. The predicted octanol–water partition coefficient (Wildman–Crippen LogP) is 3.02. The molecule has 0 saturated carbocycles. The number of aromatic hydroxyl groups is 2. The molecule has 2 saturated heterocycles. The topological polar surface area (TPSA) is 203 Å². The summed E-state index contributed by atoms with van der Waals surface area (Å²) in [6.45, 7) is 12.0. The maximum absolute atomic E-state index is 14.0. The molecule has 15 nitrogen and oxygen atoms in total. The van der Waals surface area contributed by atoms with Gasteiger partial charge in [-0.2, -0.15) is 5.26 Å². The number of hydrogen-bond acceptors (Lipinski definition) is 13. The summed E-state index contributed by atoms with van der Waals surface area (Å²) in [5.74, 6) is -1.73. The van der Waals surface area contributed by atoms with Gasteiger partial charge in [0.15, 0.2) is 11.5 Å². The number of thioether (sulfide) groups is 1. The van der Waals surface area contributed by atoms with Crippen LogP contribution in [0.1, 0.15) is 84.0 Å². The highest BCUT2D eigenvalue weighted by molar-refractivity contribution is 7.99. The fourth-order valence-electron chi connectivity index (χ4n) is 9.23. The van der Waals surface area contributed by atoms with Crippen LogP contribution in [0.25, 0.3) is 0 Å². The molecule has 5 N–H and O–H groups in total. The number of nitrogens with one attached hydrogen (secondary N) is 3. The number of phenolic OH excluding ortho intramolecular Hbond substituents is 2. The lowest BCUT2D eigenvalue weighted by Crippen LogP contribution is -2.69. The summed E-state index contributed by atoms with van der Waals surface area (Å²) >= 11 is 1.33. The Hall–Kier alpha value is -4.98. The Morgan fingerprint density at radius 3 is 2.39 bits per heavy atom. The van der Waals surface area contributed by atoms with Crippen molar-refractivity contribution in [1.82, 2.24) is 25.8 Å². The Morgan fingerprint density at radius 2 is 1.70 bits per heavy atom. The first-order valence-corrected chi connectivity index (χ1v) is 20.3. The fourth-order valence-corrected chi connectivity index (χ4v) is 10.7. The number of esters is 1. The van der Waals surface area contributed by atoms with Crippen molar-refractivity contribution >= 4 is 35.5 Å². The van der Waals surface area contributed by atoms with Crippen LogP contribution in [-0.4, -0.2) is 106 Å². The van der Waals surface area contributed by atoms with Crippen LogP contribution in [0, 0.1) is 38.0 Å². The largest absolute Gasteiger partial charge is 0.507 e. The van der Waals surface area contributed by atoms with Crippen LogP contribution in [0.4, 0.5) is 0 Å². The van der Waals surface area contributed by atoms with E-state index in [9.17, 15) is 34.7 Å². The summed E-state index contributed by atoms with van der Waals surface area (Å²) < 4.78 is 18.0. The number of likely N-dealkylation sites (N-methyl/N-ethyl adjacent to an activating group) is 1. The van der Waals surface area contributed by atoms with E-state index in [0.29, 0.717) is 34.6 Å². The van der Waals surface area contributed by atoms with Crippen LogP contribution < -0.4 is 25.4 Å². The van der Waals surface area contributed by atoms with E-state index in [2.05, 4.69) is 37.9 Å². The molecule has 4 bridgehead atoms. The number of amides is 3. The summed E-state index contributed by atoms with van der Waals surface area (Å²) in [5, 5.41) is 42.4. The van der Waals surface area contributed by atoms with Crippen molar-refractivity contribution in [2.45, 2.75) is 108 Å². The van der Waals surface area contributed by atoms with Crippen LogP contribution in [0.15, 0.2) is 18.2 Å². The molecule has 0 spiro atoms. The summed E-state index contributed by atoms with van der Waals surface area (Å²) in [6.07, 6.45) is 3.35. The number of hydrogen-bond donors (Lipinski definition) is 5. The van der Waals surface area contributed by atoms with Crippen molar-refractivity contribution in [3.05, 3.63) is 57.2 Å². The molecule has 9 atom stereocenters. The van der Waals surface area contributed by atoms with Crippen LogP contribution in [0.5, 0.6) is 23.0 Å². The van der Waals surface area contributed by atoms with Gasteiger partial charge < -0.3 is 40.4 Å². The van der Waals surface area contributed by atoms with Gasteiger partial charge in [0.2, 0.25) is 24.5 Å². The number of piperazine rings is 1. The summed E-state index contributed by atoms with van der Waals surface area (Å²) in [7, 11) is 1.97. The normalized spacial score (nSPS) is 27.4. The molecule has 3 unspecified atom stereocenters. The maximum atomic E-state index is 14.0. The summed E-state index contributed by atoms with van der Waals surface area (Å²) in [6, 6.07) is -1.21. The van der Waals surface area contributed by atoms with Gasteiger partial charge in [-0.3, -0.25) is 24.2 Å². The smallest absolute Gasteiger partial charge is 0.329 e. The number of benzene rings is 2. The zero-order valence-corrected chi connectivity index (χ0v) is 34.2. The van der Waals surface area contributed by atoms with Crippen LogP contribution >= 0.6 is 11.8 Å². The fraction of sp³-hybridized carbons (Fsp3) is 0.537.